The van der Waals surface area contributed by atoms with Crippen molar-refractivity contribution >= 4 is 35.5 Å². The lowest BCUT2D eigenvalue weighted by atomic mass is 10.0. The number of hydrazone groups is 1. The normalized spacial score (nSPS) is 13.0. The molecule has 0 radical (unpaired) electrons. The van der Waals surface area contributed by atoms with E-state index in [1.54, 1.807) is 6.21 Å². The molecule has 0 aromatic heterocycles. The highest BCUT2D eigenvalue weighted by Crippen LogP contribution is 2.21. The zero-order valence-corrected chi connectivity index (χ0v) is 18.5. The second kappa shape index (κ2) is 10.8. The van der Waals surface area contributed by atoms with Gasteiger partial charge in [0.05, 0.1) is 6.21 Å². The standard InChI is InChI=1S/C24H30ClN3O/c1-6-22(27-23-12-11-21(25)14-18(23)5)24(29)28-26-15-17(4)13-19-7-9-20(10-8-19)16(2)3/h7-16,22,27H,6H2,1-5H3,(H,28,29)/b17-13-,26-15-/t22-/m0/s1. The molecule has 2 aromatic carbocycles. The van der Waals surface area contributed by atoms with Gasteiger partial charge in [-0.05, 0) is 66.6 Å². The zero-order chi connectivity index (χ0) is 21.4. The van der Waals surface area contributed by atoms with E-state index in [1.165, 1.54) is 5.56 Å². The summed E-state index contributed by atoms with van der Waals surface area (Å²) >= 11 is 6.00. The largest absolute Gasteiger partial charge is 0.373 e. The minimum absolute atomic E-state index is 0.174. The molecule has 0 heterocycles. The van der Waals surface area contributed by atoms with Crippen molar-refractivity contribution in [2.75, 3.05) is 5.32 Å². The third-order valence-corrected chi connectivity index (χ3v) is 4.92. The van der Waals surface area contributed by atoms with Gasteiger partial charge < -0.3 is 5.32 Å². The third-order valence-electron chi connectivity index (χ3n) is 4.68. The highest BCUT2D eigenvalue weighted by Gasteiger charge is 2.16. The number of rotatable bonds is 8. The van der Waals surface area contributed by atoms with Crippen molar-refractivity contribution in [3.8, 4) is 0 Å². The molecule has 0 aliphatic heterocycles. The van der Waals surface area contributed by atoms with E-state index >= 15 is 0 Å². The minimum atomic E-state index is -0.375. The van der Waals surface area contributed by atoms with Crippen molar-refractivity contribution < 1.29 is 4.79 Å². The van der Waals surface area contributed by atoms with E-state index in [4.69, 9.17) is 11.6 Å². The minimum Gasteiger partial charge on any atom is -0.373 e. The Hall–Kier alpha value is -2.59. The SMILES string of the molecule is CC[C@H](Nc1ccc(Cl)cc1C)C(=O)N/N=C\C(C)=C/c1ccc(C(C)C)cc1. The van der Waals surface area contributed by atoms with E-state index in [9.17, 15) is 4.79 Å². The molecule has 1 atom stereocenters. The number of hydrogen-bond donors (Lipinski definition) is 2. The highest BCUT2D eigenvalue weighted by atomic mass is 35.5. The second-order valence-corrected chi connectivity index (χ2v) is 7.94. The first-order chi connectivity index (χ1) is 13.8. The fourth-order valence-electron chi connectivity index (χ4n) is 2.88. The fraction of sp³-hybridized carbons (Fsp3) is 0.333. The smallest absolute Gasteiger partial charge is 0.262 e. The maximum atomic E-state index is 12.5. The summed E-state index contributed by atoms with van der Waals surface area (Å²) in [7, 11) is 0. The number of nitrogens with one attached hydrogen (secondary N) is 2. The monoisotopic (exact) mass is 411 g/mol. The van der Waals surface area contributed by atoms with Crippen LogP contribution in [0, 0.1) is 6.92 Å². The van der Waals surface area contributed by atoms with Gasteiger partial charge in [0.1, 0.15) is 6.04 Å². The third kappa shape index (κ3) is 7.06. The van der Waals surface area contributed by atoms with Crippen LogP contribution in [0.4, 0.5) is 5.69 Å². The number of nitrogens with zero attached hydrogens (tertiary/aromatic N) is 1. The molecule has 154 valence electrons. The molecule has 0 spiro atoms. The van der Waals surface area contributed by atoms with E-state index in [2.05, 4.69) is 54.0 Å². The Morgan fingerprint density at radius 2 is 1.86 bits per heavy atom. The molecule has 1 amide bonds. The number of benzene rings is 2. The molecule has 2 rings (SSSR count). The zero-order valence-electron chi connectivity index (χ0n) is 17.8. The van der Waals surface area contributed by atoms with Gasteiger partial charge in [-0.2, -0.15) is 5.10 Å². The van der Waals surface area contributed by atoms with Crippen LogP contribution >= 0.6 is 11.6 Å². The summed E-state index contributed by atoms with van der Waals surface area (Å²) in [5.74, 6) is 0.342. The van der Waals surface area contributed by atoms with Crippen LogP contribution in [0.2, 0.25) is 5.02 Å². The van der Waals surface area contributed by atoms with Crippen molar-refractivity contribution in [1.82, 2.24) is 5.43 Å². The molecule has 0 saturated heterocycles. The number of halogens is 1. The predicted molar refractivity (Wildman–Crippen MR) is 125 cm³/mol. The Morgan fingerprint density at radius 3 is 2.45 bits per heavy atom. The molecule has 29 heavy (non-hydrogen) atoms. The van der Waals surface area contributed by atoms with Crippen LogP contribution in [0.3, 0.4) is 0 Å². The summed E-state index contributed by atoms with van der Waals surface area (Å²) in [5, 5.41) is 8.04. The van der Waals surface area contributed by atoms with Crippen molar-refractivity contribution in [1.29, 1.82) is 0 Å². The van der Waals surface area contributed by atoms with Crippen LogP contribution in [-0.4, -0.2) is 18.2 Å². The van der Waals surface area contributed by atoms with Crippen molar-refractivity contribution in [3.63, 3.8) is 0 Å². The molecule has 2 N–H and O–H groups in total. The Balaban J connectivity index is 1.95. The van der Waals surface area contributed by atoms with Gasteiger partial charge in [-0.15, -0.1) is 0 Å². The van der Waals surface area contributed by atoms with Crippen molar-refractivity contribution in [2.45, 2.75) is 53.0 Å². The lowest BCUT2D eigenvalue weighted by Gasteiger charge is -2.18. The lowest BCUT2D eigenvalue weighted by Crippen LogP contribution is -2.37. The molecule has 0 aliphatic carbocycles. The fourth-order valence-corrected chi connectivity index (χ4v) is 3.11. The number of aryl methyl sites for hydroxylation is 1. The van der Waals surface area contributed by atoms with Crippen LogP contribution in [-0.2, 0) is 4.79 Å². The van der Waals surface area contributed by atoms with Gasteiger partial charge in [-0.25, -0.2) is 5.43 Å². The van der Waals surface area contributed by atoms with Crippen LogP contribution in [0.25, 0.3) is 6.08 Å². The van der Waals surface area contributed by atoms with Gasteiger partial charge in [-0.1, -0.05) is 62.7 Å². The average Bonchev–Trinajstić information content (AvgIpc) is 2.67. The summed E-state index contributed by atoms with van der Waals surface area (Å²) in [6.45, 7) is 10.2. The molecule has 0 bridgehead atoms. The molecule has 0 saturated carbocycles. The lowest BCUT2D eigenvalue weighted by molar-refractivity contribution is -0.121. The molecular weight excluding hydrogens is 382 g/mol. The number of anilines is 1. The molecule has 0 unspecified atom stereocenters. The summed E-state index contributed by atoms with van der Waals surface area (Å²) in [4.78, 5) is 12.5. The molecule has 2 aromatic rings. The quantitative estimate of drug-likeness (QED) is 0.403. The Kier molecular flexibility index (Phi) is 8.47. The van der Waals surface area contributed by atoms with Gasteiger partial charge in [-0.3, -0.25) is 4.79 Å². The van der Waals surface area contributed by atoms with E-state index in [-0.39, 0.29) is 11.9 Å². The van der Waals surface area contributed by atoms with E-state index in [0.29, 0.717) is 17.4 Å². The Morgan fingerprint density at radius 1 is 1.17 bits per heavy atom. The van der Waals surface area contributed by atoms with E-state index in [0.717, 1.165) is 22.4 Å². The molecule has 0 aliphatic rings. The summed E-state index contributed by atoms with van der Waals surface area (Å²) < 4.78 is 0. The highest BCUT2D eigenvalue weighted by molar-refractivity contribution is 6.30. The molecule has 0 fully saturated rings. The summed E-state index contributed by atoms with van der Waals surface area (Å²) in [6, 6.07) is 13.6. The number of allylic oxidation sites excluding steroid dienone is 1. The van der Waals surface area contributed by atoms with Crippen LogP contribution in [0.15, 0.2) is 53.1 Å². The van der Waals surface area contributed by atoms with Crippen LogP contribution in [0.5, 0.6) is 0 Å². The van der Waals surface area contributed by atoms with Crippen LogP contribution in [0.1, 0.15) is 56.7 Å². The van der Waals surface area contributed by atoms with Gasteiger partial charge >= 0.3 is 0 Å². The van der Waals surface area contributed by atoms with E-state index in [1.807, 2.05) is 45.0 Å². The van der Waals surface area contributed by atoms with Crippen molar-refractivity contribution in [3.05, 3.63) is 69.8 Å². The number of hydrogen-bond acceptors (Lipinski definition) is 3. The number of carbonyl (C=O) groups excluding carboxylic acids is 1. The van der Waals surface area contributed by atoms with E-state index < -0.39 is 0 Å². The molecule has 4 nitrogen and oxygen atoms in total. The first kappa shape index (κ1) is 22.7. The molecular formula is C24H30ClN3O. The maximum absolute atomic E-state index is 12.5. The predicted octanol–water partition coefficient (Wildman–Crippen LogP) is 6.17. The molecule has 5 heteroatoms. The summed E-state index contributed by atoms with van der Waals surface area (Å²) in [5.41, 5.74) is 7.89. The first-order valence-electron chi connectivity index (χ1n) is 9.94. The van der Waals surface area contributed by atoms with Crippen molar-refractivity contribution in [2.24, 2.45) is 5.10 Å². The number of amides is 1. The van der Waals surface area contributed by atoms with Gasteiger partial charge in [0, 0.05) is 10.7 Å². The first-order valence-corrected chi connectivity index (χ1v) is 10.3. The second-order valence-electron chi connectivity index (χ2n) is 7.51. The topological polar surface area (TPSA) is 53.5 Å². The van der Waals surface area contributed by atoms with Crippen LogP contribution < -0.4 is 10.7 Å². The Bertz CT molecular complexity index is 885. The Labute approximate surface area is 179 Å². The maximum Gasteiger partial charge on any atom is 0.262 e. The van der Waals surface area contributed by atoms with Gasteiger partial charge in [0.2, 0.25) is 0 Å². The summed E-state index contributed by atoms with van der Waals surface area (Å²) in [6.07, 6.45) is 4.33. The van der Waals surface area contributed by atoms with Gasteiger partial charge in [0.15, 0.2) is 0 Å². The average molecular weight is 412 g/mol. The van der Waals surface area contributed by atoms with Gasteiger partial charge in [0.25, 0.3) is 5.91 Å². The number of carbonyl (C=O) groups is 1.